The summed E-state index contributed by atoms with van der Waals surface area (Å²) in [7, 11) is 0. The molecule has 0 saturated carbocycles. The molecule has 2 aromatic heterocycles. The van der Waals surface area contributed by atoms with Crippen molar-refractivity contribution in [2.75, 3.05) is 0 Å². The third-order valence-electron chi connectivity index (χ3n) is 4.66. The van der Waals surface area contributed by atoms with Gasteiger partial charge in [-0.3, -0.25) is 0 Å². The predicted octanol–water partition coefficient (Wildman–Crippen LogP) is 4.60. The topological polar surface area (TPSA) is 77.3 Å². The second kappa shape index (κ2) is 7.47. The molecule has 29 heavy (non-hydrogen) atoms. The minimum absolute atomic E-state index is 0.702. The lowest BCUT2D eigenvalue weighted by Crippen LogP contribution is -2.00. The van der Waals surface area contributed by atoms with Crippen LogP contribution in [0, 0.1) is 34.6 Å². The van der Waals surface area contributed by atoms with E-state index in [4.69, 9.17) is 0 Å². The Labute approximate surface area is 170 Å². The zero-order valence-corrected chi connectivity index (χ0v) is 17.2. The zero-order chi connectivity index (χ0) is 20.5. The van der Waals surface area contributed by atoms with Crippen molar-refractivity contribution in [3.8, 4) is 33.9 Å². The minimum atomic E-state index is 0.702. The molecule has 0 fully saturated rings. The van der Waals surface area contributed by atoms with E-state index in [2.05, 4.69) is 67.2 Å². The quantitative estimate of drug-likeness (QED) is 0.515. The molecule has 144 valence electrons. The molecule has 6 heteroatoms. The van der Waals surface area contributed by atoms with E-state index in [1.807, 2.05) is 39.8 Å². The van der Waals surface area contributed by atoms with E-state index in [1.165, 1.54) is 0 Å². The molecule has 0 aliphatic carbocycles. The lowest BCUT2D eigenvalue weighted by Gasteiger charge is -2.10. The highest BCUT2D eigenvalue weighted by Gasteiger charge is 2.10. The van der Waals surface area contributed by atoms with Crippen LogP contribution in [-0.2, 0) is 0 Å². The molecule has 4 rings (SSSR count). The lowest BCUT2D eigenvalue weighted by atomic mass is 9.98. The van der Waals surface area contributed by atoms with Gasteiger partial charge < -0.3 is 0 Å². The monoisotopic (exact) mass is 382 g/mol. The highest BCUT2D eigenvalue weighted by molar-refractivity contribution is 5.72. The van der Waals surface area contributed by atoms with Crippen molar-refractivity contribution in [3.63, 3.8) is 0 Å². The largest absolute Gasteiger partial charge is 0.219 e. The average molecular weight is 382 g/mol. The summed E-state index contributed by atoms with van der Waals surface area (Å²) in [6, 6.07) is 14.6. The maximum Gasteiger partial charge on any atom is 0.163 e. The Kier molecular flexibility index (Phi) is 4.84. The standard InChI is InChI=1S/C23H22N6/c1-13-12-20(10-11-21(13)23-28-16(4)25-17(5)29-23)18-6-8-19(9-7-18)22-26-14(2)24-15(3)27-22/h6-12H,1-5H3. The number of nitrogens with zero attached hydrogens (tertiary/aromatic N) is 6. The fourth-order valence-corrected chi connectivity index (χ4v) is 3.39. The van der Waals surface area contributed by atoms with Crippen LogP contribution in [0.4, 0.5) is 0 Å². The smallest absolute Gasteiger partial charge is 0.163 e. The fourth-order valence-electron chi connectivity index (χ4n) is 3.39. The van der Waals surface area contributed by atoms with Crippen LogP contribution < -0.4 is 0 Å². The van der Waals surface area contributed by atoms with Crippen molar-refractivity contribution < 1.29 is 0 Å². The van der Waals surface area contributed by atoms with Gasteiger partial charge in [0.05, 0.1) is 0 Å². The molecule has 0 aliphatic heterocycles. The maximum absolute atomic E-state index is 4.49. The fraction of sp³-hybridized carbons (Fsp3) is 0.217. The van der Waals surface area contributed by atoms with Crippen LogP contribution in [0.3, 0.4) is 0 Å². The van der Waals surface area contributed by atoms with E-state index in [0.717, 1.165) is 56.9 Å². The SMILES string of the molecule is Cc1nc(C)nc(-c2ccc(-c3ccc(-c4nc(C)nc(C)n4)c(C)c3)cc2)n1. The third kappa shape index (κ3) is 4.01. The van der Waals surface area contributed by atoms with Crippen molar-refractivity contribution in [2.24, 2.45) is 0 Å². The van der Waals surface area contributed by atoms with Gasteiger partial charge in [-0.05, 0) is 51.3 Å². The van der Waals surface area contributed by atoms with Crippen molar-refractivity contribution in [2.45, 2.75) is 34.6 Å². The number of aromatic nitrogens is 6. The number of hydrogen-bond donors (Lipinski definition) is 0. The van der Waals surface area contributed by atoms with E-state index in [0.29, 0.717) is 5.82 Å². The highest BCUT2D eigenvalue weighted by atomic mass is 15.0. The molecule has 2 heterocycles. The number of hydrogen-bond acceptors (Lipinski definition) is 6. The molecule has 0 spiro atoms. The lowest BCUT2D eigenvalue weighted by molar-refractivity contribution is 0.927. The Morgan fingerprint density at radius 3 is 1.41 bits per heavy atom. The van der Waals surface area contributed by atoms with Crippen LogP contribution in [0.25, 0.3) is 33.9 Å². The van der Waals surface area contributed by atoms with Crippen molar-refractivity contribution in [1.82, 2.24) is 29.9 Å². The molecule has 6 nitrogen and oxygen atoms in total. The number of benzene rings is 2. The van der Waals surface area contributed by atoms with Crippen molar-refractivity contribution >= 4 is 0 Å². The number of aryl methyl sites for hydroxylation is 5. The Bertz CT molecular complexity index is 1160. The average Bonchev–Trinajstić information content (AvgIpc) is 2.66. The van der Waals surface area contributed by atoms with E-state index >= 15 is 0 Å². The van der Waals surface area contributed by atoms with Gasteiger partial charge in [0.2, 0.25) is 0 Å². The summed E-state index contributed by atoms with van der Waals surface area (Å²) in [5.41, 5.74) is 5.40. The van der Waals surface area contributed by atoms with Crippen LogP contribution in [0.15, 0.2) is 42.5 Å². The zero-order valence-electron chi connectivity index (χ0n) is 17.2. The molecule has 0 unspecified atom stereocenters. The van der Waals surface area contributed by atoms with Crippen LogP contribution in [0.2, 0.25) is 0 Å². The van der Waals surface area contributed by atoms with Crippen LogP contribution in [0.1, 0.15) is 28.9 Å². The summed E-state index contributed by atoms with van der Waals surface area (Å²) < 4.78 is 0. The van der Waals surface area contributed by atoms with Crippen LogP contribution >= 0.6 is 0 Å². The first-order valence-electron chi connectivity index (χ1n) is 9.49. The molecule has 0 atom stereocenters. The summed E-state index contributed by atoms with van der Waals surface area (Å²) in [6.07, 6.45) is 0. The van der Waals surface area contributed by atoms with Gasteiger partial charge in [0.25, 0.3) is 0 Å². The molecule has 0 N–H and O–H groups in total. The van der Waals surface area contributed by atoms with Crippen LogP contribution in [0.5, 0.6) is 0 Å². The molecule has 0 radical (unpaired) electrons. The molecule has 0 aliphatic rings. The Morgan fingerprint density at radius 2 is 0.897 bits per heavy atom. The predicted molar refractivity (Wildman–Crippen MR) is 113 cm³/mol. The molecule has 0 amide bonds. The molecule has 0 saturated heterocycles. The van der Waals surface area contributed by atoms with E-state index in [1.54, 1.807) is 0 Å². The number of rotatable bonds is 3. The Hall–Kier alpha value is -3.54. The van der Waals surface area contributed by atoms with E-state index in [-0.39, 0.29) is 0 Å². The van der Waals surface area contributed by atoms with Gasteiger partial charge in [0, 0.05) is 11.1 Å². The van der Waals surface area contributed by atoms with Gasteiger partial charge in [0.15, 0.2) is 11.6 Å². The van der Waals surface area contributed by atoms with E-state index < -0.39 is 0 Å². The van der Waals surface area contributed by atoms with Gasteiger partial charge in [-0.25, -0.2) is 29.9 Å². The highest BCUT2D eigenvalue weighted by Crippen LogP contribution is 2.28. The van der Waals surface area contributed by atoms with Gasteiger partial charge >= 0.3 is 0 Å². The van der Waals surface area contributed by atoms with Gasteiger partial charge in [-0.15, -0.1) is 0 Å². The summed E-state index contributed by atoms with van der Waals surface area (Å²) >= 11 is 0. The first-order valence-corrected chi connectivity index (χ1v) is 9.49. The molecular weight excluding hydrogens is 360 g/mol. The summed E-state index contributed by atoms with van der Waals surface area (Å²) in [6.45, 7) is 9.62. The van der Waals surface area contributed by atoms with Crippen molar-refractivity contribution in [1.29, 1.82) is 0 Å². The first kappa shape index (κ1) is 18.8. The molecular formula is C23H22N6. The maximum atomic E-state index is 4.49. The van der Waals surface area contributed by atoms with Crippen molar-refractivity contribution in [3.05, 3.63) is 71.3 Å². The molecule has 4 aromatic rings. The van der Waals surface area contributed by atoms with Gasteiger partial charge in [-0.1, -0.05) is 42.5 Å². The minimum Gasteiger partial charge on any atom is -0.219 e. The third-order valence-corrected chi connectivity index (χ3v) is 4.66. The second-order valence-corrected chi connectivity index (χ2v) is 7.11. The first-order chi connectivity index (χ1) is 13.9. The van der Waals surface area contributed by atoms with Gasteiger partial charge in [-0.2, -0.15) is 0 Å². The normalized spacial score (nSPS) is 10.9. The Balaban J connectivity index is 1.66. The second-order valence-electron chi connectivity index (χ2n) is 7.11. The summed E-state index contributed by atoms with van der Waals surface area (Å²) in [5.74, 6) is 4.34. The summed E-state index contributed by atoms with van der Waals surface area (Å²) in [5, 5.41) is 0. The van der Waals surface area contributed by atoms with E-state index in [9.17, 15) is 0 Å². The molecule has 2 aromatic carbocycles. The summed E-state index contributed by atoms with van der Waals surface area (Å²) in [4.78, 5) is 26.4. The van der Waals surface area contributed by atoms with Gasteiger partial charge in [0.1, 0.15) is 23.3 Å². The van der Waals surface area contributed by atoms with Crippen LogP contribution in [-0.4, -0.2) is 29.9 Å². The molecule has 0 bridgehead atoms. The Morgan fingerprint density at radius 1 is 0.448 bits per heavy atom.